The summed E-state index contributed by atoms with van der Waals surface area (Å²) < 4.78 is 16.5. The largest absolute Gasteiger partial charge is 0.490 e. The molecule has 0 saturated carbocycles. The lowest BCUT2D eigenvalue weighted by Gasteiger charge is -2.39. The van der Waals surface area contributed by atoms with Crippen LogP contribution in [-0.4, -0.2) is 49.2 Å². The molecule has 0 radical (unpaired) electrons. The van der Waals surface area contributed by atoms with Gasteiger partial charge in [-0.05, 0) is 0 Å². The highest BCUT2D eigenvalue weighted by molar-refractivity contribution is 5.64. The summed E-state index contributed by atoms with van der Waals surface area (Å²) in [5.74, 6) is -0.295. The lowest BCUT2D eigenvalue weighted by Crippen LogP contribution is -2.45. The van der Waals surface area contributed by atoms with Gasteiger partial charge in [-0.25, -0.2) is 0 Å². The molecular weight excluding hydrogens is 304 g/mol. The van der Waals surface area contributed by atoms with E-state index in [1.807, 2.05) is 0 Å². The van der Waals surface area contributed by atoms with E-state index >= 15 is 0 Å². The smallest absolute Gasteiger partial charge is 0.311 e. The van der Waals surface area contributed by atoms with Crippen LogP contribution in [0.3, 0.4) is 0 Å². The van der Waals surface area contributed by atoms with E-state index < -0.39 is 10.7 Å². The van der Waals surface area contributed by atoms with Crippen LogP contribution in [0.4, 0.5) is 11.4 Å². The molecule has 1 aromatic carbocycles. The first-order chi connectivity index (χ1) is 11.1. The topological polar surface area (TPSA) is 94.3 Å². The van der Waals surface area contributed by atoms with Gasteiger partial charge in [0.15, 0.2) is 11.5 Å². The Kier molecular flexibility index (Phi) is 4.38. The summed E-state index contributed by atoms with van der Waals surface area (Å²) in [6.07, 6.45) is 1.44. The zero-order chi connectivity index (χ0) is 16.4. The van der Waals surface area contributed by atoms with Gasteiger partial charge in [-0.15, -0.1) is 0 Å². The number of aliphatic hydroxyl groups excluding tert-OH is 1. The summed E-state index contributed by atoms with van der Waals surface area (Å²) in [4.78, 5) is 12.7. The molecule has 2 aliphatic heterocycles. The average Bonchev–Trinajstić information content (AvgIpc) is 3.02. The van der Waals surface area contributed by atoms with Gasteiger partial charge in [0.05, 0.1) is 31.9 Å². The number of nitrogens with zero attached hydrogens (tertiary/aromatic N) is 2. The Labute approximate surface area is 133 Å². The molecule has 126 valence electrons. The predicted molar refractivity (Wildman–Crippen MR) is 81.7 cm³/mol. The van der Waals surface area contributed by atoms with Crippen LogP contribution < -0.4 is 9.64 Å². The van der Waals surface area contributed by atoms with Crippen molar-refractivity contribution in [1.82, 2.24) is 0 Å². The molecule has 0 amide bonds. The molecule has 2 saturated heterocycles. The Bertz CT molecular complexity index is 590. The number of anilines is 1. The normalized spacial score (nSPS) is 20.0. The second kappa shape index (κ2) is 6.31. The summed E-state index contributed by atoms with van der Waals surface area (Å²) in [7, 11) is 1.40. The van der Waals surface area contributed by atoms with E-state index in [2.05, 4.69) is 4.90 Å². The van der Waals surface area contributed by atoms with Crippen molar-refractivity contribution in [3.8, 4) is 5.75 Å². The second-order valence-electron chi connectivity index (χ2n) is 5.66. The van der Waals surface area contributed by atoms with Gasteiger partial charge in [0.25, 0.3) is 0 Å². The molecule has 0 bridgehead atoms. The maximum atomic E-state index is 11.1. The first-order valence-electron chi connectivity index (χ1n) is 7.57. The zero-order valence-corrected chi connectivity index (χ0v) is 13.0. The van der Waals surface area contributed by atoms with Crippen molar-refractivity contribution in [1.29, 1.82) is 0 Å². The quantitative estimate of drug-likeness (QED) is 0.661. The average molecular weight is 324 g/mol. The molecule has 8 nitrogen and oxygen atoms in total. The Morgan fingerprint density at radius 2 is 2.00 bits per heavy atom. The second-order valence-corrected chi connectivity index (χ2v) is 5.66. The Morgan fingerprint density at radius 3 is 2.52 bits per heavy atom. The number of piperidine rings is 1. The molecule has 1 aromatic rings. The van der Waals surface area contributed by atoms with Gasteiger partial charge in [0.1, 0.15) is 0 Å². The van der Waals surface area contributed by atoms with Crippen LogP contribution in [-0.2, 0) is 16.1 Å². The fourth-order valence-electron chi connectivity index (χ4n) is 3.20. The van der Waals surface area contributed by atoms with Crippen LogP contribution in [0.1, 0.15) is 18.4 Å². The molecule has 0 aromatic heterocycles. The van der Waals surface area contributed by atoms with Crippen LogP contribution in [0.25, 0.3) is 0 Å². The highest BCUT2D eigenvalue weighted by Crippen LogP contribution is 2.38. The zero-order valence-electron chi connectivity index (χ0n) is 13.0. The molecule has 2 fully saturated rings. The van der Waals surface area contributed by atoms with Gasteiger partial charge in [0.2, 0.25) is 0 Å². The number of aliphatic hydroxyl groups is 1. The lowest BCUT2D eigenvalue weighted by atomic mass is 10.0. The Morgan fingerprint density at radius 1 is 1.35 bits per heavy atom. The monoisotopic (exact) mass is 324 g/mol. The number of rotatable bonds is 4. The van der Waals surface area contributed by atoms with Crippen LogP contribution in [0, 0.1) is 10.1 Å². The Hall–Kier alpha value is -1.90. The van der Waals surface area contributed by atoms with Gasteiger partial charge < -0.3 is 24.2 Å². The van der Waals surface area contributed by atoms with Crippen molar-refractivity contribution in [3.05, 3.63) is 27.8 Å². The fraction of sp³-hybridized carbons (Fsp3) is 0.600. The molecule has 8 heteroatoms. The van der Waals surface area contributed by atoms with E-state index in [4.69, 9.17) is 14.2 Å². The van der Waals surface area contributed by atoms with Crippen LogP contribution in [0.15, 0.2) is 12.1 Å². The molecule has 2 aliphatic rings. The van der Waals surface area contributed by atoms with E-state index in [9.17, 15) is 15.2 Å². The third-order valence-corrected chi connectivity index (χ3v) is 4.43. The maximum absolute atomic E-state index is 11.1. The summed E-state index contributed by atoms with van der Waals surface area (Å²) >= 11 is 0. The highest BCUT2D eigenvalue weighted by Gasteiger charge is 2.40. The van der Waals surface area contributed by atoms with E-state index in [0.717, 1.165) is 18.5 Å². The first-order valence-corrected chi connectivity index (χ1v) is 7.57. The molecule has 2 heterocycles. The van der Waals surface area contributed by atoms with E-state index in [0.29, 0.717) is 31.9 Å². The van der Waals surface area contributed by atoms with Gasteiger partial charge in [-0.2, -0.15) is 0 Å². The SMILES string of the molecule is COc1cc(N2CCC3(CC2)OCCO3)c(CO)cc1[N+](=O)[O-]. The van der Waals surface area contributed by atoms with Crippen molar-refractivity contribution in [2.24, 2.45) is 0 Å². The van der Waals surface area contributed by atoms with Crippen molar-refractivity contribution in [2.75, 3.05) is 38.3 Å². The fourth-order valence-corrected chi connectivity index (χ4v) is 3.20. The summed E-state index contributed by atoms with van der Waals surface area (Å²) in [5, 5.41) is 20.7. The van der Waals surface area contributed by atoms with Crippen molar-refractivity contribution in [2.45, 2.75) is 25.2 Å². The molecule has 23 heavy (non-hydrogen) atoms. The predicted octanol–water partition coefficient (Wildman–Crippen LogP) is 1.44. The van der Waals surface area contributed by atoms with Gasteiger partial charge in [0, 0.05) is 49.3 Å². The number of hydrogen-bond acceptors (Lipinski definition) is 7. The summed E-state index contributed by atoms with van der Waals surface area (Å²) in [5.41, 5.74) is 1.13. The van der Waals surface area contributed by atoms with Crippen LogP contribution in [0.5, 0.6) is 5.75 Å². The molecule has 0 unspecified atom stereocenters. The number of methoxy groups -OCH3 is 1. The van der Waals surface area contributed by atoms with Gasteiger partial charge in [-0.1, -0.05) is 0 Å². The van der Waals surface area contributed by atoms with E-state index in [-0.39, 0.29) is 18.0 Å². The van der Waals surface area contributed by atoms with Crippen LogP contribution >= 0.6 is 0 Å². The van der Waals surface area contributed by atoms with Crippen molar-refractivity contribution < 1.29 is 24.2 Å². The molecule has 1 N–H and O–H groups in total. The lowest BCUT2D eigenvalue weighted by molar-refractivity contribution is -0.385. The number of hydrogen-bond donors (Lipinski definition) is 1. The van der Waals surface area contributed by atoms with Gasteiger partial charge in [-0.3, -0.25) is 10.1 Å². The maximum Gasteiger partial charge on any atom is 0.311 e. The third kappa shape index (κ3) is 2.97. The number of benzene rings is 1. The van der Waals surface area contributed by atoms with E-state index in [1.54, 1.807) is 6.07 Å². The number of nitro benzene ring substituents is 1. The van der Waals surface area contributed by atoms with Gasteiger partial charge >= 0.3 is 5.69 Å². The first kappa shape index (κ1) is 16.0. The number of nitro groups is 1. The van der Waals surface area contributed by atoms with E-state index in [1.165, 1.54) is 13.2 Å². The van der Waals surface area contributed by atoms with Crippen LogP contribution in [0.2, 0.25) is 0 Å². The summed E-state index contributed by atoms with van der Waals surface area (Å²) in [6.45, 7) is 2.34. The highest BCUT2D eigenvalue weighted by atomic mass is 16.7. The summed E-state index contributed by atoms with van der Waals surface area (Å²) in [6, 6.07) is 3.00. The minimum atomic E-state index is -0.507. The molecule has 3 rings (SSSR count). The van der Waals surface area contributed by atoms with Crippen molar-refractivity contribution >= 4 is 11.4 Å². The molecular formula is C15H20N2O6. The third-order valence-electron chi connectivity index (χ3n) is 4.43. The molecule has 1 spiro atoms. The molecule has 0 aliphatic carbocycles. The molecule has 0 atom stereocenters. The number of ether oxygens (including phenoxy) is 3. The standard InChI is InChI=1S/C15H20N2O6/c1-21-14-9-12(11(10-18)8-13(14)17(19)20)16-4-2-15(3-5-16)22-6-7-23-15/h8-9,18H,2-7,10H2,1H3. The minimum absolute atomic E-state index is 0.142. The Balaban J connectivity index is 1.86. The minimum Gasteiger partial charge on any atom is -0.490 e. The van der Waals surface area contributed by atoms with Crippen molar-refractivity contribution in [3.63, 3.8) is 0 Å².